The molecule has 0 radical (unpaired) electrons. The molecular weight excluding hydrogens is 662 g/mol. The van der Waals surface area contributed by atoms with Crippen LogP contribution >= 0.6 is 11.6 Å². The second-order valence-electron chi connectivity index (χ2n) is 15.0. The number of halogens is 1. The highest BCUT2D eigenvalue weighted by atomic mass is 35.5. The number of rotatable bonds is 3. The summed E-state index contributed by atoms with van der Waals surface area (Å²) in [6.45, 7) is 6.49. The number of β-amino-alcohol motifs (C(OH)–C–C–N with tert-alkyl or cyclic N) is 1. The Labute approximate surface area is 295 Å². The Balaban J connectivity index is 1.25. The number of carbonyl (C=O) groups is 2. The molecule has 2 N–H and O–H groups in total. The van der Waals surface area contributed by atoms with Gasteiger partial charge in [-0.1, -0.05) is 36.7 Å². The summed E-state index contributed by atoms with van der Waals surface area (Å²) in [6.07, 6.45) is 9.00. The van der Waals surface area contributed by atoms with Crippen LogP contribution in [0, 0.1) is 17.8 Å². The SMILES string of the molecule is C=S1(=O)NC(=O)c2ccc3c(c2)N(C[C@@H]2CC[C@H]2[C@@H](OCC(=O)N2CC(O)C2)/C=C/C[C@H](C)[C@H]1C)C[C@@]1(CCCc2cc(Cl)ccc21)CO3. The number of amides is 2. The minimum atomic E-state index is -2.98. The third-order valence-corrected chi connectivity index (χ3v) is 14.2. The van der Waals surface area contributed by atoms with Crippen molar-refractivity contribution in [3.63, 3.8) is 0 Å². The number of allylic oxidation sites excluding steroid dienone is 1. The van der Waals surface area contributed by atoms with E-state index < -0.39 is 21.7 Å². The molecule has 7 atom stereocenters. The van der Waals surface area contributed by atoms with Crippen molar-refractivity contribution in [2.75, 3.05) is 44.3 Å². The number of likely N-dealkylation sites (tertiary alicyclic amines) is 1. The number of hydrogen-bond acceptors (Lipinski definition) is 7. The molecule has 1 saturated carbocycles. The Morgan fingerprint density at radius 3 is 2.76 bits per heavy atom. The van der Waals surface area contributed by atoms with Crippen molar-refractivity contribution in [2.45, 2.75) is 75.2 Å². The van der Waals surface area contributed by atoms with Crippen molar-refractivity contribution >= 4 is 44.7 Å². The number of nitrogens with zero attached hydrogens (tertiary/aromatic N) is 2. The van der Waals surface area contributed by atoms with Crippen LogP contribution in [-0.4, -0.2) is 88.8 Å². The van der Waals surface area contributed by atoms with Crippen LogP contribution in [-0.2, 0) is 31.1 Å². The Morgan fingerprint density at radius 1 is 1.18 bits per heavy atom. The molecular formula is C38H48ClN3O6S. The molecule has 2 bridgehead atoms. The number of hydrogen-bond donors (Lipinski definition) is 2. The van der Waals surface area contributed by atoms with Crippen molar-refractivity contribution in [1.82, 2.24) is 9.62 Å². The van der Waals surface area contributed by atoms with Gasteiger partial charge in [-0.15, -0.1) is 0 Å². The van der Waals surface area contributed by atoms with Gasteiger partial charge in [0.2, 0.25) is 5.91 Å². The van der Waals surface area contributed by atoms with E-state index in [9.17, 15) is 18.9 Å². The number of aliphatic hydroxyl groups excluding tert-OH is 1. The normalized spacial score (nSPS) is 34.0. The van der Waals surface area contributed by atoms with Gasteiger partial charge in [0.15, 0.2) is 0 Å². The highest BCUT2D eigenvalue weighted by Gasteiger charge is 2.45. The van der Waals surface area contributed by atoms with Crippen LogP contribution in [0.3, 0.4) is 0 Å². The number of aliphatic hydroxyl groups is 1. The van der Waals surface area contributed by atoms with E-state index >= 15 is 0 Å². The van der Waals surface area contributed by atoms with Gasteiger partial charge in [-0.3, -0.25) is 14.3 Å². The topological polar surface area (TPSA) is 108 Å². The first-order valence-corrected chi connectivity index (χ1v) is 19.8. The summed E-state index contributed by atoms with van der Waals surface area (Å²) >= 11 is 6.45. The van der Waals surface area contributed by atoms with Crippen LogP contribution in [0.15, 0.2) is 48.6 Å². The first-order valence-electron chi connectivity index (χ1n) is 17.7. The lowest BCUT2D eigenvalue weighted by Gasteiger charge is -2.46. The zero-order valence-corrected chi connectivity index (χ0v) is 30.0. The van der Waals surface area contributed by atoms with Gasteiger partial charge in [-0.2, -0.15) is 0 Å². The molecule has 3 aliphatic heterocycles. The summed E-state index contributed by atoms with van der Waals surface area (Å²) in [5.74, 6) is 4.63. The number of nitrogens with one attached hydrogen (secondary N) is 1. The molecule has 11 heteroatoms. The van der Waals surface area contributed by atoms with Crippen LogP contribution in [0.5, 0.6) is 5.75 Å². The molecule has 1 spiro atoms. The van der Waals surface area contributed by atoms with Gasteiger partial charge in [0, 0.05) is 47.4 Å². The third-order valence-electron chi connectivity index (χ3n) is 11.8. The monoisotopic (exact) mass is 709 g/mol. The van der Waals surface area contributed by atoms with E-state index in [1.165, 1.54) is 11.1 Å². The van der Waals surface area contributed by atoms with Crippen molar-refractivity contribution in [3.05, 3.63) is 70.3 Å². The van der Waals surface area contributed by atoms with Crippen molar-refractivity contribution in [1.29, 1.82) is 0 Å². The zero-order valence-electron chi connectivity index (χ0n) is 28.4. The maximum Gasteiger partial charge on any atom is 0.262 e. The molecule has 1 saturated heterocycles. The molecule has 5 aliphatic rings. The molecule has 2 aromatic rings. The first-order chi connectivity index (χ1) is 23.4. The lowest BCUT2D eigenvalue weighted by atomic mass is 9.68. The average molecular weight is 710 g/mol. The molecule has 7 rings (SSSR count). The largest absolute Gasteiger partial charge is 0.490 e. The minimum absolute atomic E-state index is 0.0307. The van der Waals surface area contributed by atoms with Crippen LogP contribution in [0.25, 0.3) is 0 Å². The lowest BCUT2D eigenvalue weighted by molar-refractivity contribution is -0.149. The van der Waals surface area contributed by atoms with Gasteiger partial charge >= 0.3 is 0 Å². The van der Waals surface area contributed by atoms with Crippen LogP contribution in [0.2, 0.25) is 5.02 Å². The Bertz CT molecular complexity index is 1740. The van der Waals surface area contributed by atoms with E-state index in [1.54, 1.807) is 11.0 Å². The molecule has 9 nitrogen and oxygen atoms in total. The number of benzene rings is 2. The van der Waals surface area contributed by atoms with Gasteiger partial charge in [-0.25, -0.2) is 4.21 Å². The van der Waals surface area contributed by atoms with Crippen molar-refractivity contribution in [2.24, 2.45) is 17.8 Å². The molecule has 2 amide bonds. The summed E-state index contributed by atoms with van der Waals surface area (Å²) in [4.78, 5) is 30.6. The fraction of sp³-hybridized carbons (Fsp3) is 0.553. The summed E-state index contributed by atoms with van der Waals surface area (Å²) in [5, 5.41) is 10.1. The summed E-state index contributed by atoms with van der Waals surface area (Å²) in [7, 11) is -2.98. The number of anilines is 1. The average Bonchev–Trinajstić information content (AvgIpc) is 3.19. The van der Waals surface area contributed by atoms with Gasteiger partial charge in [0.05, 0.1) is 34.2 Å². The first kappa shape index (κ1) is 34.4. The van der Waals surface area contributed by atoms with E-state index in [0.717, 1.165) is 55.1 Å². The molecule has 264 valence electrons. The fourth-order valence-corrected chi connectivity index (χ4v) is 10.0. The van der Waals surface area contributed by atoms with Gasteiger partial charge in [0.1, 0.15) is 12.4 Å². The van der Waals surface area contributed by atoms with Gasteiger partial charge in [-0.05, 0) is 111 Å². The lowest BCUT2D eigenvalue weighted by Crippen LogP contribution is -2.55. The summed E-state index contributed by atoms with van der Waals surface area (Å²) < 4.78 is 29.6. The van der Waals surface area contributed by atoms with E-state index in [2.05, 4.69) is 39.8 Å². The van der Waals surface area contributed by atoms with Crippen LogP contribution < -0.4 is 14.4 Å². The smallest absolute Gasteiger partial charge is 0.262 e. The Morgan fingerprint density at radius 2 is 2.00 bits per heavy atom. The van der Waals surface area contributed by atoms with E-state index in [4.69, 9.17) is 21.1 Å². The van der Waals surface area contributed by atoms with Gasteiger partial charge in [0.25, 0.3) is 5.91 Å². The molecule has 2 fully saturated rings. The van der Waals surface area contributed by atoms with Crippen molar-refractivity contribution in [3.8, 4) is 5.75 Å². The number of ether oxygens (including phenoxy) is 2. The minimum Gasteiger partial charge on any atom is -0.490 e. The Hall–Kier alpha value is -3.05. The number of carbonyl (C=O) groups excluding carboxylic acids is 2. The standard InChI is InChI=1S/C38H48ClN3O6S/c1-24-6-4-8-34(47-21-36(44)41-19-30(43)20-41)31-12-9-28(31)18-42-22-38(15-5-7-26-16-29(39)11-13-32(26)38)23-48-35-14-10-27(17-33(35)42)37(45)40-49(3,46)25(24)2/h4,8,10-11,13-14,16-17,24-25,28,30-31,34,43H,3,5-7,9,12,15,18-23H2,1-2H3,(H,40,45,46)/b8-4+/t24-,25+,28-,31+,34-,38-,49?/m0/s1. The van der Waals surface area contributed by atoms with E-state index in [1.807, 2.05) is 32.0 Å². The molecule has 0 aromatic heterocycles. The second-order valence-corrected chi connectivity index (χ2v) is 17.9. The Kier molecular flexibility index (Phi) is 9.54. The second kappa shape index (κ2) is 13.6. The maximum absolute atomic E-state index is 13.8. The molecule has 3 heterocycles. The highest BCUT2D eigenvalue weighted by Crippen LogP contribution is 2.47. The van der Waals surface area contributed by atoms with Crippen LogP contribution in [0.4, 0.5) is 5.69 Å². The van der Waals surface area contributed by atoms with Crippen molar-refractivity contribution < 1.29 is 28.4 Å². The highest BCUT2D eigenvalue weighted by molar-refractivity contribution is 7.99. The molecule has 49 heavy (non-hydrogen) atoms. The van der Waals surface area contributed by atoms with Gasteiger partial charge < -0.3 is 24.4 Å². The number of fused-ring (bicyclic) bond motifs is 4. The van der Waals surface area contributed by atoms with E-state index in [-0.39, 0.29) is 47.0 Å². The third kappa shape index (κ3) is 6.86. The molecule has 1 unspecified atom stereocenters. The fourth-order valence-electron chi connectivity index (χ4n) is 8.34. The quantitative estimate of drug-likeness (QED) is 0.349. The van der Waals surface area contributed by atoms with Crippen LogP contribution in [0.1, 0.15) is 67.4 Å². The predicted octanol–water partition coefficient (Wildman–Crippen LogP) is 4.77. The maximum atomic E-state index is 13.8. The number of aryl methyl sites for hydroxylation is 1. The zero-order chi connectivity index (χ0) is 34.5. The summed E-state index contributed by atoms with van der Waals surface area (Å²) in [5.41, 5.74) is 3.53. The summed E-state index contributed by atoms with van der Waals surface area (Å²) in [6, 6.07) is 11.7. The molecule has 2 aromatic carbocycles. The predicted molar refractivity (Wildman–Crippen MR) is 194 cm³/mol. The molecule has 2 aliphatic carbocycles. The van der Waals surface area contributed by atoms with E-state index in [0.29, 0.717) is 38.2 Å².